The van der Waals surface area contributed by atoms with Gasteiger partial charge in [0, 0.05) is 13.1 Å². The lowest BCUT2D eigenvalue weighted by Gasteiger charge is -2.07. The summed E-state index contributed by atoms with van der Waals surface area (Å²) in [5, 5.41) is 13.6. The lowest BCUT2D eigenvalue weighted by Crippen LogP contribution is -2.32. The molecule has 0 radical (unpaired) electrons. The molecule has 1 aromatic carbocycles. The van der Waals surface area contributed by atoms with Crippen LogP contribution >= 0.6 is 12.4 Å². The molecular weight excluding hydrogens is 313 g/mol. The molecule has 0 saturated heterocycles. The summed E-state index contributed by atoms with van der Waals surface area (Å²) >= 11 is 0. The Bertz CT molecular complexity index is 568. The Morgan fingerprint density at radius 2 is 2.00 bits per heavy atom. The third-order valence-electron chi connectivity index (χ3n) is 2.27. The van der Waals surface area contributed by atoms with E-state index >= 15 is 0 Å². The average Bonchev–Trinajstić information content (AvgIpc) is 2.34. The van der Waals surface area contributed by atoms with Gasteiger partial charge in [-0.25, -0.2) is 13.1 Å². The van der Waals surface area contributed by atoms with E-state index in [0.29, 0.717) is 13.1 Å². The first-order valence-electron chi connectivity index (χ1n) is 5.53. The zero-order chi connectivity index (χ0) is 14.5. The Kier molecular flexibility index (Phi) is 7.58. The highest BCUT2D eigenvalue weighted by Gasteiger charge is 2.28. The number of para-hydroxylation sites is 1. The summed E-state index contributed by atoms with van der Waals surface area (Å²) < 4.78 is 39.2. The van der Waals surface area contributed by atoms with Crippen molar-refractivity contribution in [1.82, 2.24) is 10.0 Å². The zero-order valence-electron chi connectivity index (χ0n) is 10.6. The smallest absolute Gasteiger partial charge is 0.316 e. The third-order valence-corrected chi connectivity index (χ3v) is 3.76. The molecule has 0 fully saturated rings. The summed E-state index contributed by atoms with van der Waals surface area (Å²) in [4.78, 5) is 9.01. The second kappa shape index (κ2) is 8.10. The van der Waals surface area contributed by atoms with Crippen molar-refractivity contribution in [2.45, 2.75) is 11.8 Å². The van der Waals surface area contributed by atoms with E-state index in [-0.39, 0.29) is 19.0 Å². The lowest BCUT2D eigenvalue weighted by molar-refractivity contribution is -0.390. The van der Waals surface area contributed by atoms with Crippen molar-refractivity contribution in [2.75, 3.05) is 19.6 Å². The lowest BCUT2D eigenvalue weighted by atomic mass is 10.3. The van der Waals surface area contributed by atoms with Crippen LogP contribution in [0.25, 0.3) is 0 Å². The number of hydrogen-bond donors (Lipinski definition) is 2. The molecule has 0 amide bonds. The Morgan fingerprint density at radius 3 is 2.55 bits per heavy atom. The minimum absolute atomic E-state index is 0. The van der Waals surface area contributed by atoms with Gasteiger partial charge < -0.3 is 5.32 Å². The van der Waals surface area contributed by atoms with Crippen molar-refractivity contribution < 1.29 is 17.7 Å². The largest absolute Gasteiger partial charge is 0.324 e. The SMILES string of the molecule is CCNCCNS(=O)(=O)c1cccc(F)c1[N+](=O)[O-].Cl. The summed E-state index contributed by atoms with van der Waals surface area (Å²) in [5.41, 5.74) is -1.04. The zero-order valence-corrected chi connectivity index (χ0v) is 12.3. The van der Waals surface area contributed by atoms with E-state index in [2.05, 4.69) is 10.0 Å². The van der Waals surface area contributed by atoms with Gasteiger partial charge in [0.15, 0.2) is 4.90 Å². The molecule has 0 aliphatic carbocycles. The molecule has 10 heteroatoms. The van der Waals surface area contributed by atoms with Crippen molar-refractivity contribution in [3.8, 4) is 0 Å². The van der Waals surface area contributed by atoms with Crippen molar-refractivity contribution in [1.29, 1.82) is 0 Å². The minimum Gasteiger partial charge on any atom is -0.316 e. The quantitative estimate of drug-likeness (QED) is 0.443. The van der Waals surface area contributed by atoms with Crippen LogP contribution in [0.2, 0.25) is 0 Å². The Morgan fingerprint density at radius 1 is 1.35 bits per heavy atom. The summed E-state index contributed by atoms with van der Waals surface area (Å²) in [6.07, 6.45) is 0. The Hall–Kier alpha value is -1.29. The van der Waals surface area contributed by atoms with E-state index in [1.807, 2.05) is 6.92 Å². The number of nitro benzene ring substituents is 1. The number of hydrogen-bond acceptors (Lipinski definition) is 5. The maximum atomic E-state index is 13.3. The predicted molar refractivity (Wildman–Crippen MR) is 74.0 cm³/mol. The minimum atomic E-state index is -4.11. The maximum absolute atomic E-state index is 13.3. The Balaban J connectivity index is 0.00000361. The molecule has 2 N–H and O–H groups in total. The van der Waals surface area contributed by atoms with Gasteiger partial charge >= 0.3 is 5.69 Å². The fraction of sp³-hybridized carbons (Fsp3) is 0.400. The molecule has 7 nitrogen and oxygen atoms in total. The van der Waals surface area contributed by atoms with Crippen LogP contribution in [0.5, 0.6) is 0 Å². The van der Waals surface area contributed by atoms with Gasteiger partial charge in [-0.2, -0.15) is 4.39 Å². The van der Waals surface area contributed by atoms with Gasteiger partial charge in [0.1, 0.15) is 0 Å². The van der Waals surface area contributed by atoms with Gasteiger partial charge in [0.25, 0.3) is 0 Å². The van der Waals surface area contributed by atoms with Crippen LogP contribution in [-0.4, -0.2) is 33.0 Å². The van der Waals surface area contributed by atoms with Gasteiger partial charge in [-0.05, 0) is 18.7 Å². The molecule has 0 saturated carbocycles. The van der Waals surface area contributed by atoms with Crippen molar-refractivity contribution in [2.24, 2.45) is 0 Å². The summed E-state index contributed by atoms with van der Waals surface area (Å²) in [5.74, 6) is -1.18. The number of benzene rings is 1. The first kappa shape index (κ1) is 18.7. The molecule has 0 aliphatic rings. The molecule has 0 atom stereocenters. The topological polar surface area (TPSA) is 101 Å². The standard InChI is InChI=1S/C10H14FN3O4S.ClH/c1-2-12-6-7-13-19(17,18)9-5-3-4-8(11)10(9)14(15)16;/h3-5,12-13H,2,6-7H2,1H3;1H. The van der Waals surface area contributed by atoms with Gasteiger partial charge in [-0.1, -0.05) is 13.0 Å². The van der Waals surface area contributed by atoms with Crippen LogP contribution in [0.3, 0.4) is 0 Å². The molecular formula is C10H15ClFN3O4S. The molecule has 20 heavy (non-hydrogen) atoms. The summed E-state index contributed by atoms with van der Waals surface area (Å²) in [6.45, 7) is 2.95. The van der Waals surface area contributed by atoms with E-state index < -0.39 is 31.3 Å². The van der Waals surface area contributed by atoms with E-state index in [0.717, 1.165) is 18.2 Å². The average molecular weight is 328 g/mol. The number of nitrogens with zero attached hydrogens (tertiary/aromatic N) is 1. The second-order valence-electron chi connectivity index (χ2n) is 3.60. The fourth-order valence-electron chi connectivity index (χ4n) is 1.42. The Labute approximate surface area is 122 Å². The second-order valence-corrected chi connectivity index (χ2v) is 5.33. The summed E-state index contributed by atoms with van der Waals surface area (Å²) in [7, 11) is -4.11. The number of rotatable bonds is 7. The van der Waals surface area contributed by atoms with Gasteiger partial charge in [-0.15, -0.1) is 12.4 Å². The highest BCUT2D eigenvalue weighted by molar-refractivity contribution is 7.89. The highest BCUT2D eigenvalue weighted by Crippen LogP contribution is 2.26. The van der Waals surface area contributed by atoms with Crippen LogP contribution in [-0.2, 0) is 10.0 Å². The molecule has 0 aliphatic heterocycles. The van der Waals surface area contributed by atoms with Crippen LogP contribution in [0.15, 0.2) is 23.1 Å². The van der Waals surface area contributed by atoms with Crippen molar-refractivity contribution in [3.63, 3.8) is 0 Å². The van der Waals surface area contributed by atoms with E-state index in [9.17, 15) is 22.9 Å². The molecule has 0 heterocycles. The van der Waals surface area contributed by atoms with Crippen LogP contribution in [0.1, 0.15) is 6.92 Å². The highest BCUT2D eigenvalue weighted by atomic mass is 35.5. The molecule has 0 aromatic heterocycles. The first-order chi connectivity index (χ1) is 8.90. The van der Waals surface area contributed by atoms with Gasteiger partial charge in [0.05, 0.1) is 4.92 Å². The monoisotopic (exact) mass is 327 g/mol. The van der Waals surface area contributed by atoms with Crippen LogP contribution < -0.4 is 10.0 Å². The normalized spacial score (nSPS) is 10.9. The van der Waals surface area contributed by atoms with E-state index in [1.165, 1.54) is 0 Å². The van der Waals surface area contributed by atoms with E-state index in [4.69, 9.17) is 0 Å². The van der Waals surface area contributed by atoms with Crippen LogP contribution in [0.4, 0.5) is 10.1 Å². The maximum Gasteiger partial charge on any atom is 0.324 e. The number of halogens is 2. The third kappa shape index (κ3) is 4.67. The fourth-order valence-corrected chi connectivity index (χ4v) is 2.63. The van der Waals surface area contributed by atoms with Gasteiger partial charge in [0.2, 0.25) is 15.8 Å². The molecule has 114 valence electrons. The molecule has 1 aromatic rings. The number of likely N-dealkylation sites (N-methyl/N-ethyl adjacent to an activating group) is 1. The first-order valence-corrected chi connectivity index (χ1v) is 7.01. The number of nitro groups is 1. The molecule has 0 unspecified atom stereocenters. The molecule has 0 spiro atoms. The van der Waals surface area contributed by atoms with Crippen LogP contribution in [0, 0.1) is 15.9 Å². The van der Waals surface area contributed by atoms with E-state index in [1.54, 1.807) is 0 Å². The molecule has 0 bridgehead atoms. The molecule has 1 rings (SSSR count). The predicted octanol–water partition coefficient (Wildman–Crippen LogP) is 1.04. The van der Waals surface area contributed by atoms with Crippen molar-refractivity contribution >= 4 is 28.1 Å². The number of nitrogens with one attached hydrogen (secondary N) is 2. The van der Waals surface area contributed by atoms with Crippen molar-refractivity contribution in [3.05, 3.63) is 34.1 Å². The van der Waals surface area contributed by atoms with Gasteiger partial charge in [-0.3, -0.25) is 10.1 Å². The summed E-state index contributed by atoms with van der Waals surface area (Å²) in [6, 6.07) is 2.95. The number of sulfonamides is 1.